The predicted octanol–water partition coefficient (Wildman–Crippen LogP) is 0.800. The van der Waals surface area contributed by atoms with Gasteiger partial charge in [-0.25, -0.2) is 0 Å². The molecule has 0 fully saturated rings. The molecule has 0 spiro atoms. The summed E-state index contributed by atoms with van der Waals surface area (Å²) in [6.07, 6.45) is 1.95. The summed E-state index contributed by atoms with van der Waals surface area (Å²) in [5.74, 6) is 0.00894. The molecule has 0 aliphatic carbocycles. The monoisotopic (exact) mass is 340 g/mol. The molecule has 0 saturated heterocycles. The van der Waals surface area contributed by atoms with Crippen LogP contribution in [0.4, 0.5) is 0 Å². The molecule has 3 nitrogen and oxygen atoms in total. The molecule has 3 heterocycles. The summed E-state index contributed by atoms with van der Waals surface area (Å²) >= 11 is 6.04. The molecule has 4 aromatic rings. The highest BCUT2D eigenvalue weighted by molar-refractivity contribution is 6.31. The number of aromatic nitrogens is 2. The molecule has 2 aromatic heterocycles. The Kier molecular flexibility index (Phi) is 2.98. The Hall–Kier alpha value is -2.36. The van der Waals surface area contributed by atoms with E-state index in [0.29, 0.717) is 16.3 Å². The minimum atomic E-state index is 0. The Labute approximate surface area is 142 Å². The fraction of sp³-hybridized carbons (Fsp3) is 0. The number of fused-ring (bicyclic) bond motifs is 7. The molecule has 1 aliphatic rings. The highest BCUT2D eigenvalue weighted by Crippen LogP contribution is 2.31. The first-order valence-corrected chi connectivity index (χ1v) is 7.41. The molecule has 0 saturated carbocycles. The zero-order valence-corrected chi connectivity index (χ0v) is 13.3. The highest BCUT2D eigenvalue weighted by Gasteiger charge is 2.38. The number of aromatic amines is 1. The summed E-state index contributed by atoms with van der Waals surface area (Å²) < 4.78 is 1.94. The molecule has 0 bridgehead atoms. The number of H-pyrrole nitrogens is 1. The summed E-state index contributed by atoms with van der Waals surface area (Å²) in [5.41, 5.74) is 4.11. The Bertz CT molecular complexity index is 1110. The Morgan fingerprint density at radius 1 is 1.00 bits per heavy atom. The number of para-hydroxylation sites is 1. The largest absolute Gasteiger partial charge is 1.00 e. The first kappa shape index (κ1) is 14.2. The van der Waals surface area contributed by atoms with Crippen LogP contribution in [0.5, 0.6) is 0 Å². The number of benzene rings is 2. The van der Waals surface area contributed by atoms with Crippen molar-refractivity contribution in [1.82, 2.24) is 4.98 Å². The number of rotatable bonds is 0. The third kappa shape index (κ3) is 1.78. The fourth-order valence-corrected chi connectivity index (χ4v) is 3.49. The van der Waals surface area contributed by atoms with E-state index < -0.39 is 0 Å². The van der Waals surface area contributed by atoms with Gasteiger partial charge in [-0.15, -0.1) is 0 Å². The van der Waals surface area contributed by atoms with Gasteiger partial charge in [-0.3, -0.25) is 4.79 Å². The average Bonchev–Trinajstić information content (AvgIpc) is 3.04. The van der Waals surface area contributed by atoms with Crippen LogP contribution in [-0.4, -0.2) is 10.8 Å². The quantitative estimate of drug-likeness (QED) is 0.416. The van der Waals surface area contributed by atoms with Gasteiger partial charge >= 0.3 is 0 Å². The summed E-state index contributed by atoms with van der Waals surface area (Å²) in [7, 11) is 0. The third-order valence-corrected chi connectivity index (χ3v) is 4.53. The number of nitrogens with zero attached hydrogens (tertiary/aromatic N) is 1. The van der Waals surface area contributed by atoms with Gasteiger partial charge in [-0.2, -0.15) is 4.57 Å². The maximum absolute atomic E-state index is 12.8. The van der Waals surface area contributed by atoms with Crippen molar-refractivity contribution < 1.29 is 21.8 Å². The summed E-state index contributed by atoms with van der Waals surface area (Å²) in [5, 5.41) is 2.77. The van der Waals surface area contributed by atoms with Gasteiger partial charge in [0.2, 0.25) is 5.69 Å². The summed E-state index contributed by atoms with van der Waals surface area (Å²) in [6.45, 7) is 0. The van der Waals surface area contributed by atoms with Crippen molar-refractivity contribution in [1.29, 1.82) is 0 Å². The van der Waals surface area contributed by atoms with Crippen molar-refractivity contribution in [2.24, 2.45) is 0 Å². The molecule has 23 heavy (non-hydrogen) atoms. The zero-order valence-electron chi connectivity index (χ0n) is 11.8. The van der Waals surface area contributed by atoms with E-state index in [1.54, 1.807) is 6.07 Å². The van der Waals surface area contributed by atoms with E-state index in [2.05, 4.69) is 17.1 Å². The van der Waals surface area contributed by atoms with E-state index in [9.17, 15) is 4.79 Å². The van der Waals surface area contributed by atoms with E-state index >= 15 is 0 Å². The molecule has 0 radical (unpaired) electrons. The van der Waals surface area contributed by atoms with E-state index in [1.807, 2.05) is 41.1 Å². The second-order valence-corrected chi connectivity index (χ2v) is 5.92. The number of pyridine rings is 1. The van der Waals surface area contributed by atoms with Crippen LogP contribution in [0.3, 0.4) is 0 Å². The number of nitrogens with one attached hydrogen (secondary N) is 1. The molecule has 1 N–H and O–H groups in total. The highest BCUT2D eigenvalue weighted by atomic mass is 35.5. The van der Waals surface area contributed by atoms with E-state index in [4.69, 9.17) is 11.6 Å². The average molecular weight is 341 g/mol. The number of halogens is 2. The van der Waals surface area contributed by atoms with Crippen molar-refractivity contribution in [3.63, 3.8) is 0 Å². The van der Waals surface area contributed by atoms with Gasteiger partial charge in [0.15, 0.2) is 6.20 Å². The van der Waals surface area contributed by atoms with Crippen LogP contribution in [0, 0.1) is 0 Å². The second-order valence-electron chi connectivity index (χ2n) is 5.48. The third-order valence-electron chi connectivity index (χ3n) is 4.29. The van der Waals surface area contributed by atoms with E-state index in [1.165, 1.54) is 0 Å². The van der Waals surface area contributed by atoms with Crippen molar-refractivity contribution >= 4 is 39.2 Å². The van der Waals surface area contributed by atoms with Crippen molar-refractivity contribution in [3.8, 4) is 5.69 Å². The van der Waals surface area contributed by atoms with Crippen LogP contribution >= 0.6 is 11.6 Å². The van der Waals surface area contributed by atoms with Crippen molar-refractivity contribution in [2.45, 2.75) is 0 Å². The maximum Gasteiger partial charge on any atom is 0.284 e. The zero-order chi connectivity index (χ0) is 14.8. The van der Waals surface area contributed by atoms with Crippen molar-refractivity contribution in [2.75, 3.05) is 0 Å². The molecule has 0 amide bonds. The van der Waals surface area contributed by atoms with Crippen LogP contribution in [-0.2, 0) is 0 Å². The molecule has 0 atom stereocenters. The Morgan fingerprint density at radius 2 is 1.83 bits per heavy atom. The second kappa shape index (κ2) is 4.82. The summed E-state index contributed by atoms with van der Waals surface area (Å²) in [4.78, 5) is 16.2. The first-order chi connectivity index (χ1) is 10.7. The van der Waals surface area contributed by atoms with Gasteiger partial charge < -0.3 is 17.4 Å². The van der Waals surface area contributed by atoms with Gasteiger partial charge in [0, 0.05) is 33.4 Å². The first-order valence-electron chi connectivity index (χ1n) is 7.04. The number of carbonyl (C=O) groups excluding carboxylic acids is 1. The fourth-order valence-electron chi connectivity index (χ4n) is 3.32. The van der Waals surface area contributed by atoms with Gasteiger partial charge in [-0.1, -0.05) is 29.8 Å². The maximum atomic E-state index is 12.8. The number of hydrogen-bond donors (Lipinski definition) is 1. The molecular formula is C18H10Cl2N2O. The lowest BCUT2D eigenvalue weighted by Gasteiger charge is -1.94. The predicted molar refractivity (Wildman–Crippen MR) is 85.8 cm³/mol. The van der Waals surface area contributed by atoms with E-state index in [0.717, 1.165) is 27.5 Å². The minimum Gasteiger partial charge on any atom is -1.00 e. The van der Waals surface area contributed by atoms with Gasteiger partial charge in [0.05, 0.1) is 0 Å². The molecule has 2 aromatic carbocycles. The Balaban J connectivity index is 0.00000135. The lowest BCUT2D eigenvalue weighted by atomic mass is 10.1. The smallest absolute Gasteiger partial charge is 0.284 e. The molecule has 0 unspecified atom stereocenters. The lowest BCUT2D eigenvalue weighted by Crippen LogP contribution is -3.00. The van der Waals surface area contributed by atoms with Crippen LogP contribution in [0.1, 0.15) is 16.1 Å². The SMILES string of the molecule is O=C1c2cc(Cl)ccc2-[n+]2ccc3c([nH]c4ccccc43)c21.[Cl-]. The molecule has 5 heteroatoms. The number of hydrogen-bond acceptors (Lipinski definition) is 1. The molecular weight excluding hydrogens is 331 g/mol. The van der Waals surface area contributed by atoms with Crippen LogP contribution in [0.25, 0.3) is 27.5 Å². The molecule has 112 valence electrons. The van der Waals surface area contributed by atoms with Crippen molar-refractivity contribution in [3.05, 3.63) is 71.0 Å². The number of carbonyl (C=O) groups is 1. The summed E-state index contributed by atoms with van der Waals surface area (Å²) in [6, 6.07) is 15.6. The van der Waals surface area contributed by atoms with Gasteiger partial charge in [-0.05, 0) is 18.2 Å². The molecule has 1 aliphatic heterocycles. The molecule has 5 rings (SSSR count). The standard InChI is InChI=1S/C18H9ClN2O.ClH/c19-10-5-6-15-13(9-10)18(22)17-16-12(7-8-21(15)17)11-3-1-2-4-14(11)20-16;/h1-9H;1H. The number of ketones is 1. The van der Waals surface area contributed by atoms with Crippen LogP contribution in [0.15, 0.2) is 54.7 Å². The minimum absolute atomic E-state index is 0. The van der Waals surface area contributed by atoms with Crippen LogP contribution < -0.4 is 17.0 Å². The van der Waals surface area contributed by atoms with E-state index in [-0.39, 0.29) is 18.2 Å². The van der Waals surface area contributed by atoms with Gasteiger partial charge in [0.1, 0.15) is 11.1 Å². The van der Waals surface area contributed by atoms with Crippen LogP contribution in [0.2, 0.25) is 5.02 Å². The normalized spacial score (nSPS) is 12.3. The lowest BCUT2D eigenvalue weighted by molar-refractivity contribution is -0.592. The van der Waals surface area contributed by atoms with Gasteiger partial charge in [0.25, 0.3) is 11.5 Å². The Morgan fingerprint density at radius 3 is 2.70 bits per heavy atom. The topological polar surface area (TPSA) is 36.7 Å².